The standard InChI is InChI=1S/C41H36N10O18S6.HI3.5Na/c1-23-20-34(50-51-35-22-27(70-68-66-52)11-16-36(35)74(59,60)61)24(2)19-33(23)49-48-31-14-15-32(38-30(31)7-4-8-37(38)75(62,63)64)44-41-46-39(45-40(47-41)43-26-5-3-6-29(21-26)73(56,57)58)42-25-9-12-28(13-10-25)72(54,55)18-17-65-71-69-67-53;1-3-2;;;;;/h3-16,19-22,52-53H,17-18H2,1-2H3,(H,56,57,58)(H,59,60,61)(H,62,63,64)(H3,42,43,44,45,46,47);3H;;;;;/q;;5*+1/p-5/i;3T;;;;;. The van der Waals surface area contributed by atoms with Crippen LogP contribution in [0.3, 0.4) is 0 Å². The van der Waals surface area contributed by atoms with Gasteiger partial charge in [-0.15, -0.1) is 14.6 Å². The summed E-state index contributed by atoms with van der Waals surface area (Å²) in [4.78, 5) is 11.1. The Hall–Kier alpha value is 0.480. The van der Waals surface area contributed by atoms with Gasteiger partial charge in [0.05, 0.1) is 66.7 Å². The molecule has 0 fully saturated rings. The Morgan fingerprint density at radius 2 is 1.11 bits per heavy atom. The number of hydrogen-bond donors (Lipinski definition) is 3. The summed E-state index contributed by atoms with van der Waals surface area (Å²) in [6.07, 6.45) is 0. The molecule has 0 amide bonds. The van der Waals surface area contributed by atoms with Crippen molar-refractivity contribution in [2.75, 3.05) is 28.3 Å². The number of azo groups is 2. The number of nitrogens with one attached hydrogen (secondary N) is 3. The number of fused-ring (bicyclic) bond motifs is 1. The maximum Gasteiger partial charge on any atom is 1.00 e. The Morgan fingerprint density at radius 3 is 1.66 bits per heavy atom. The summed E-state index contributed by atoms with van der Waals surface area (Å²) in [5.41, 5.74) is 1.38. The molecule has 1 heterocycles. The molecule has 0 unspecified atom stereocenters. The van der Waals surface area contributed by atoms with E-state index in [4.69, 9.17) is 4.78 Å². The molecular weight excluding hydrogens is 1610 g/mol. The van der Waals surface area contributed by atoms with Crippen LogP contribution < -0.4 is 174 Å². The van der Waals surface area contributed by atoms with Gasteiger partial charge in [-0.1, -0.05) is 18.2 Å². The van der Waals surface area contributed by atoms with Gasteiger partial charge in [-0.3, -0.25) is 14.3 Å². The summed E-state index contributed by atoms with van der Waals surface area (Å²) in [7, 11) is -19.0. The van der Waals surface area contributed by atoms with Crippen LogP contribution >= 0.6 is 74.7 Å². The number of aryl methyl sites for hydroxylation is 2. The molecule has 416 valence electrons. The van der Waals surface area contributed by atoms with Gasteiger partial charge >= 0.3 is 199 Å². The zero-order chi connectivity index (χ0) is 57.7. The van der Waals surface area contributed by atoms with Gasteiger partial charge in [-0.25, -0.2) is 33.7 Å². The second-order valence-electron chi connectivity index (χ2n) is 15.0. The molecule has 0 bridgehead atoms. The minimum Gasteiger partial charge on any atom is 1.00 e. The van der Waals surface area contributed by atoms with Gasteiger partial charge in [0, 0.05) is 27.0 Å². The minimum atomic E-state index is -5.21. The van der Waals surface area contributed by atoms with Crippen LogP contribution in [0, 0.1) is 13.8 Å². The Labute approximate surface area is 624 Å². The van der Waals surface area contributed by atoms with E-state index in [-0.39, 0.29) is 245 Å². The van der Waals surface area contributed by atoms with Crippen LogP contribution in [0.5, 0.6) is 0 Å². The largest absolute Gasteiger partial charge is 1.00 e. The van der Waals surface area contributed by atoms with Crippen molar-refractivity contribution in [3.8, 4) is 0 Å². The van der Waals surface area contributed by atoms with Gasteiger partial charge in [-0.2, -0.15) is 29.5 Å². The molecular formula is C41H32I3N10Na5O18S6. The normalized spacial score (nSPS) is 11.8. The van der Waals surface area contributed by atoms with Gasteiger partial charge in [0.15, 0.2) is 22.2 Å². The summed E-state index contributed by atoms with van der Waals surface area (Å²) in [5.74, 6) is -1.29. The first-order valence-corrected chi connectivity index (χ1v) is 40.6. The van der Waals surface area contributed by atoms with Crippen molar-refractivity contribution in [3.05, 3.63) is 120 Å². The first-order chi connectivity index (χ1) is 37.2. The molecule has 1 aromatic heterocycles. The van der Waals surface area contributed by atoms with Gasteiger partial charge < -0.3 is 40.1 Å². The summed E-state index contributed by atoms with van der Waals surface area (Å²) < 4.78 is 155. The number of nitrogens with zero attached hydrogens (tertiary/aromatic N) is 7. The van der Waals surface area contributed by atoms with E-state index in [1.165, 1.54) is 72.8 Å². The molecule has 28 nitrogen and oxygen atoms in total. The maximum atomic E-state index is 12.9. The van der Waals surface area contributed by atoms with Crippen molar-refractivity contribution in [1.82, 2.24) is 15.0 Å². The number of halogens is 3. The smallest absolute Gasteiger partial charge is 1.00 e. The molecule has 0 aliphatic carbocycles. The average Bonchev–Trinajstić information content (AvgIpc) is 3.59. The van der Waals surface area contributed by atoms with E-state index in [1.807, 2.05) is 0 Å². The Balaban J connectivity index is 0.00000380. The number of rotatable bonds is 23. The predicted molar refractivity (Wildman–Crippen MR) is 300 cm³/mol. The summed E-state index contributed by atoms with van der Waals surface area (Å²) in [6, 6.07) is 23.0. The van der Waals surface area contributed by atoms with Crippen LogP contribution in [0.4, 0.5) is 57.7 Å². The molecule has 83 heavy (non-hydrogen) atoms. The maximum absolute atomic E-state index is 12.9. The van der Waals surface area contributed by atoms with E-state index in [9.17, 15) is 57.8 Å². The molecule has 0 saturated heterocycles. The van der Waals surface area contributed by atoms with Gasteiger partial charge in [0.1, 0.15) is 36.0 Å². The van der Waals surface area contributed by atoms with Crippen LogP contribution in [0.1, 0.15) is 11.1 Å². The SMILES string of the molecule is Cc1cc(N=Nc2ccc(Nc3nc(Nc4ccc(S(=O)(=O)CCOSOO[O-])cc4)nc(Nc4cccc(S(=O)(=O)[O-])c4)n3)c3c(S(=O)(=O)[O-])cccc23)c(C)cc1N=Nc1cc(SOO[O-])ccc1S(=O)(=O)[O-].[3H]I(I)I.[Na+].[Na+].[Na+].[Na+].[Na+]. The van der Waals surface area contributed by atoms with Crippen LogP contribution in [0.15, 0.2) is 154 Å². The second kappa shape index (κ2) is 38.4. The monoisotopic (exact) mass is 1640 g/mol. The molecule has 0 saturated carbocycles. The zero-order valence-corrected chi connectivity index (χ0v) is 65.2. The zero-order valence-electron chi connectivity index (χ0n) is 44.9. The number of sulfone groups is 1. The fraction of sp³-hybridized carbons (Fsp3) is 0.0976. The third-order valence-corrected chi connectivity index (χ3v) is 15.2. The van der Waals surface area contributed by atoms with Crippen LogP contribution in [-0.4, -0.2) is 75.2 Å². The van der Waals surface area contributed by atoms with E-state index in [0.29, 0.717) is 23.2 Å². The molecule has 0 spiro atoms. The van der Waals surface area contributed by atoms with Crippen LogP contribution in [-0.2, 0) is 63.1 Å². The van der Waals surface area contributed by atoms with Crippen molar-refractivity contribution in [2.24, 2.45) is 20.5 Å². The molecule has 0 aliphatic heterocycles. The van der Waals surface area contributed by atoms with E-state index < -0.39 is 73.7 Å². The molecule has 6 aromatic carbocycles. The Bertz CT molecular complexity index is 3910. The first-order valence-electron chi connectivity index (χ1n) is 21.1. The quantitative estimate of drug-likeness (QED) is 0.00784. The average molecular weight is 1640 g/mol. The van der Waals surface area contributed by atoms with E-state index >= 15 is 0 Å². The number of aromatic nitrogens is 3. The molecule has 0 aliphatic rings. The summed E-state index contributed by atoms with van der Waals surface area (Å²) >= 11 is 3.81. The Kier molecular flexibility index (Phi) is 36.8. The number of hydrogen-bond acceptors (Lipinski definition) is 30. The van der Waals surface area contributed by atoms with Gasteiger partial charge in [0.25, 0.3) is 0 Å². The molecule has 3 N–H and O–H groups in total. The van der Waals surface area contributed by atoms with Crippen LogP contribution in [0.2, 0.25) is 0 Å². The molecule has 0 radical (unpaired) electrons. The van der Waals surface area contributed by atoms with Gasteiger partial charge in [0.2, 0.25) is 17.8 Å². The predicted octanol–water partition coefficient (Wildman–Crippen LogP) is -6.37. The molecule has 7 rings (SSSR count). The number of anilines is 6. The Morgan fingerprint density at radius 1 is 0.578 bits per heavy atom. The first kappa shape index (κ1) is 79.6. The van der Waals surface area contributed by atoms with Crippen LogP contribution in [0.25, 0.3) is 10.8 Å². The van der Waals surface area contributed by atoms with E-state index in [0.717, 1.165) is 30.3 Å². The number of benzene rings is 6. The van der Waals surface area contributed by atoms with Crippen molar-refractivity contribution < 1.29 is 229 Å². The fourth-order valence-electron chi connectivity index (χ4n) is 6.59. The second-order valence-corrected chi connectivity index (χ2v) is 38.7. The minimum absolute atomic E-state index is 0. The van der Waals surface area contributed by atoms with E-state index in [2.05, 4.69) is 107 Å². The summed E-state index contributed by atoms with van der Waals surface area (Å²) in [6.45, 7) is 2.90. The molecule has 42 heteroatoms. The van der Waals surface area contributed by atoms with Crippen molar-refractivity contribution in [1.29, 1.82) is 0.594 Å². The third kappa shape index (κ3) is 24.9. The summed E-state index contributed by atoms with van der Waals surface area (Å²) in [5, 5.41) is 51.9. The molecule has 7 aromatic rings. The fourth-order valence-corrected chi connectivity index (χ4v) is 10.2. The third-order valence-electron chi connectivity index (χ3n) is 9.92. The van der Waals surface area contributed by atoms with E-state index in [1.54, 1.807) is 19.9 Å². The van der Waals surface area contributed by atoms with Crippen molar-refractivity contribution in [2.45, 2.75) is 38.3 Å². The van der Waals surface area contributed by atoms with Crippen molar-refractivity contribution in [3.63, 3.8) is 0 Å². The topological polar surface area (TPSA) is 422 Å². The van der Waals surface area contributed by atoms with Gasteiger partial charge in [-0.05, 0) is 116 Å². The van der Waals surface area contributed by atoms with Crippen molar-refractivity contribution >= 4 is 183 Å². The molecule has 0 atom stereocenters.